The molecule has 3 aromatic rings. The van der Waals surface area contributed by atoms with Crippen LogP contribution in [0.2, 0.25) is 0 Å². The van der Waals surface area contributed by atoms with E-state index in [4.69, 9.17) is 4.42 Å². The van der Waals surface area contributed by atoms with Crippen molar-refractivity contribution in [1.29, 1.82) is 0 Å². The zero-order valence-electron chi connectivity index (χ0n) is 18.6. The van der Waals surface area contributed by atoms with Gasteiger partial charge < -0.3 is 25.1 Å². The molecule has 8 nitrogen and oxygen atoms in total. The van der Waals surface area contributed by atoms with E-state index >= 15 is 0 Å². The number of aromatic hydroxyl groups is 1. The molecule has 1 atom stereocenters. The van der Waals surface area contributed by atoms with Crippen LogP contribution >= 0.6 is 0 Å². The van der Waals surface area contributed by atoms with Gasteiger partial charge in [-0.25, -0.2) is 0 Å². The molecule has 8 heteroatoms. The molecular weight excluding hydrogens is 410 g/mol. The molecule has 1 unspecified atom stereocenters. The Balaban J connectivity index is 1.60. The second-order valence-electron chi connectivity index (χ2n) is 8.47. The molecule has 1 heterocycles. The molecule has 0 saturated heterocycles. The van der Waals surface area contributed by atoms with Crippen molar-refractivity contribution in [2.75, 3.05) is 24.7 Å². The van der Waals surface area contributed by atoms with Gasteiger partial charge in [-0.3, -0.25) is 14.4 Å². The van der Waals surface area contributed by atoms with E-state index in [1.54, 1.807) is 20.2 Å². The van der Waals surface area contributed by atoms with E-state index in [1.165, 1.54) is 22.6 Å². The van der Waals surface area contributed by atoms with Crippen LogP contribution in [0.25, 0.3) is 0 Å². The summed E-state index contributed by atoms with van der Waals surface area (Å²) in [5.74, 6) is 1.51. The molecule has 4 rings (SSSR count). The molecule has 1 aromatic heterocycles. The molecule has 32 heavy (non-hydrogen) atoms. The predicted octanol–water partition coefficient (Wildman–Crippen LogP) is 3.78. The van der Waals surface area contributed by atoms with Gasteiger partial charge in [0.2, 0.25) is 0 Å². The van der Waals surface area contributed by atoms with Gasteiger partial charge in [0.1, 0.15) is 22.9 Å². The lowest BCUT2D eigenvalue weighted by Gasteiger charge is -2.21. The lowest BCUT2D eigenvalue weighted by atomic mass is 10.1. The van der Waals surface area contributed by atoms with Crippen molar-refractivity contribution in [2.45, 2.75) is 45.1 Å². The fraction of sp³-hybridized carbons (Fsp3) is 0.375. The first kappa shape index (κ1) is 21.7. The third-order valence-corrected chi connectivity index (χ3v) is 5.91. The number of phenolic OH excluding ortho intramolecular Hbond substituents is 1. The Morgan fingerprint density at radius 1 is 1.22 bits per heavy atom. The van der Waals surface area contributed by atoms with Gasteiger partial charge in [-0.1, -0.05) is 13.0 Å². The smallest absolute Gasteiger partial charge is 0.257 e. The quantitative estimate of drug-likeness (QED) is 0.363. The molecule has 168 valence electrons. The van der Waals surface area contributed by atoms with Gasteiger partial charge in [0.25, 0.3) is 16.8 Å². The summed E-state index contributed by atoms with van der Waals surface area (Å²) in [4.78, 5) is 38.2. The van der Waals surface area contributed by atoms with Crippen LogP contribution in [-0.2, 0) is 0 Å². The van der Waals surface area contributed by atoms with E-state index in [-0.39, 0.29) is 40.3 Å². The number of rotatable bonds is 8. The summed E-state index contributed by atoms with van der Waals surface area (Å²) in [6.45, 7) is 3.91. The first-order valence-corrected chi connectivity index (χ1v) is 10.7. The van der Waals surface area contributed by atoms with Crippen LogP contribution in [0.3, 0.4) is 0 Å². The fourth-order valence-electron chi connectivity index (χ4n) is 3.88. The van der Waals surface area contributed by atoms with Gasteiger partial charge in [0, 0.05) is 14.1 Å². The van der Waals surface area contributed by atoms with Crippen LogP contribution in [0.15, 0.2) is 38.3 Å². The van der Waals surface area contributed by atoms with E-state index in [0.717, 1.165) is 24.4 Å². The molecule has 1 aliphatic rings. The molecule has 3 N–H and O–H groups in total. The lowest BCUT2D eigenvalue weighted by Crippen LogP contribution is -2.37. The molecule has 0 aliphatic heterocycles. The van der Waals surface area contributed by atoms with Gasteiger partial charge in [-0.15, -0.1) is 0 Å². The maximum Gasteiger partial charge on any atom is 0.257 e. The van der Waals surface area contributed by atoms with Crippen LogP contribution in [0.4, 0.5) is 17.1 Å². The fourth-order valence-corrected chi connectivity index (χ4v) is 3.88. The SMILES string of the molecule is CCC(Nc1c(Nc2cccc(C(=O)N(C)C)c2O)c(=O)c1=O)c1cc(C2CC2)c(C)o1. The maximum atomic E-state index is 12.3. The summed E-state index contributed by atoms with van der Waals surface area (Å²) in [5, 5.41) is 16.5. The number of carbonyl (C=O) groups is 1. The third-order valence-electron chi connectivity index (χ3n) is 5.91. The lowest BCUT2D eigenvalue weighted by molar-refractivity contribution is 0.0824. The highest BCUT2D eigenvalue weighted by Crippen LogP contribution is 2.44. The molecule has 0 bridgehead atoms. The van der Waals surface area contributed by atoms with Crippen molar-refractivity contribution in [2.24, 2.45) is 0 Å². The minimum Gasteiger partial charge on any atom is -0.505 e. The number of furan rings is 1. The standard InChI is InChI=1S/C24H27N3O5/c1-5-16(18-11-15(12(2)32-18)13-9-10-13)25-19-20(23(30)22(19)29)26-17-8-6-7-14(21(17)28)24(31)27(3)4/h6-8,11,13,16,25-26,28H,5,9-10H2,1-4H3. The zero-order valence-corrected chi connectivity index (χ0v) is 18.6. The summed E-state index contributed by atoms with van der Waals surface area (Å²) < 4.78 is 5.95. The molecular formula is C24H27N3O5. The van der Waals surface area contributed by atoms with Crippen molar-refractivity contribution in [3.05, 3.63) is 67.4 Å². The van der Waals surface area contributed by atoms with Gasteiger partial charge in [-0.05, 0) is 55.9 Å². The molecule has 2 aromatic carbocycles. The Hall–Kier alpha value is -3.55. The molecule has 1 amide bonds. The first-order valence-electron chi connectivity index (χ1n) is 10.7. The number of aryl methyl sites for hydroxylation is 1. The van der Waals surface area contributed by atoms with E-state index < -0.39 is 10.9 Å². The summed E-state index contributed by atoms with van der Waals surface area (Å²) >= 11 is 0. The minimum absolute atomic E-state index is 0.0592. The second kappa shape index (κ2) is 8.18. The number of phenols is 1. The van der Waals surface area contributed by atoms with Crippen LogP contribution in [0.5, 0.6) is 5.75 Å². The number of amides is 1. The Morgan fingerprint density at radius 3 is 2.53 bits per heavy atom. The van der Waals surface area contributed by atoms with E-state index in [9.17, 15) is 19.5 Å². The summed E-state index contributed by atoms with van der Waals surface area (Å²) in [5.41, 5.74) is 0.369. The van der Waals surface area contributed by atoms with E-state index in [0.29, 0.717) is 12.3 Å². The maximum absolute atomic E-state index is 12.3. The number of nitrogens with one attached hydrogen (secondary N) is 2. The van der Waals surface area contributed by atoms with Crippen molar-refractivity contribution in [1.82, 2.24) is 4.90 Å². The van der Waals surface area contributed by atoms with Crippen LogP contribution < -0.4 is 21.5 Å². The minimum atomic E-state index is -0.680. The monoisotopic (exact) mass is 437 g/mol. The summed E-state index contributed by atoms with van der Waals surface area (Å²) in [6.07, 6.45) is 2.97. The van der Waals surface area contributed by atoms with Crippen molar-refractivity contribution < 1.29 is 14.3 Å². The number of hydrogen-bond donors (Lipinski definition) is 3. The molecule has 1 fully saturated rings. The highest BCUT2D eigenvalue weighted by Gasteiger charge is 2.30. The van der Waals surface area contributed by atoms with E-state index in [1.807, 2.05) is 19.9 Å². The topological polar surface area (TPSA) is 112 Å². The second-order valence-corrected chi connectivity index (χ2v) is 8.47. The number of anilines is 3. The largest absolute Gasteiger partial charge is 0.505 e. The zero-order chi connectivity index (χ0) is 23.2. The number of carbonyl (C=O) groups excluding carboxylic acids is 1. The molecule has 0 radical (unpaired) electrons. The Labute approximate surface area is 185 Å². The van der Waals surface area contributed by atoms with Gasteiger partial charge in [-0.2, -0.15) is 0 Å². The first-order chi connectivity index (χ1) is 15.2. The van der Waals surface area contributed by atoms with Gasteiger partial charge in [0.05, 0.1) is 17.3 Å². The average Bonchev–Trinajstić information content (AvgIpc) is 3.55. The predicted molar refractivity (Wildman–Crippen MR) is 123 cm³/mol. The van der Waals surface area contributed by atoms with Crippen LogP contribution in [0.1, 0.15) is 65.6 Å². The number of para-hydroxylation sites is 1. The Morgan fingerprint density at radius 2 is 1.91 bits per heavy atom. The van der Waals surface area contributed by atoms with E-state index in [2.05, 4.69) is 10.6 Å². The van der Waals surface area contributed by atoms with Gasteiger partial charge in [0.15, 0.2) is 5.75 Å². The van der Waals surface area contributed by atoms with Crippen LogP contribution in [-0.4, -0.2) is 30.0 Å². The summed E-state index contributed by atoms with van der Waals surface area (Å²) in [6, 6.07) is 6.39. The number of nitrogens with zero attached hydrogens (tertiary/aromatic N) is 1. The molecule has 1 aliphatic carbocycles. The highest BCUT2D eigenvalue weighted by molar-refractivity contribution is 5.99. The third kappa shape index (κ3) is 3.77. The van der Waals surface area contributed by atoms with Crippen molar-refractivity contribution in [3.63, 3.8) is 0 Å². The average molecular weight is 437 g/mol. The number of benzene rings is 1. The highest BCUT2D eigenvalue weighted by atomic mass is 16.3. The molecule has 0 spiro atoms. The summed E-state index contributed by atoms with van der Waals surface area (Å²) in [7, 11) is 3.16. The van der Waals surface area contributed by atoms with Crippen molar-refractivity contribution in [3.8, 4) is 5.75 Å². The normalized spacial score (nSPS) is 14.4. The Bertz CT molecular complexity index is 1250. The Kier molecular flexibility index (Phi) is 5.54. The van der Waals surface area contributed by atoms with Crippen LogP contribution in [0, 0.1) is 6.92 Å². The van der Waals surface area contributed by atoms with Gasteiger partial charge >= 0.3 is 0 Å². The molecule has 1 saturated carbocycles. The van der Waals surface area contributed by atoms with Crippen molar-refractivity contribution >= 4 is 23.0 Å². The number of hydrogen-bond acceptors (Lipinski definition) is 7.